The number of nitrogens with zero attached hydrogens (tertiary/aromatic N) is 3. The molecule has 1 amide bonds. The highest BCUT2D eigenvalue weighted by molar-refractivity contribution is 5.97. The van der Waals surface area contributed by atoms with Crippen molar-refractivity contribution in [2.45, 2.75) is 6.54 Å². The van der Waals surface area contributed by atoms with Crippen LogP contribution >= 0.6 is 0 Å². The van der Waals surface area contributed by atoms with Crippen LogP contribution in [0.15, 0.2) is 82.4 Å². The van der Waals surface area contributed by atoms with Crippen LogP contribution in [0.4, 0.5) is 5.69 Å². The molecule has 1 aliphatic heterocycles. The van der Waals surface area contributed by atoms with E-state index in [1.165, 1.54) is 0 Å². The molecule has 0 aliphatic carbocycles. The molecule has 1 fully saturated rings. The molecule has 178 valence electrons. The van der Waals surface area contributed by atoms with E-state index < -0.39 is 11.2 Å². The number of nitrogens with one attached hydrogen (secondary N) is 1. The number of aromatic nitrogens is 2. The standard InChI is InChI=1S/C27H26N4O4/c1-29(18-19-7-10-21(11-8-19)30-13-15-35-16-14-30)25(32)20-9-12-23-24(17-20)28-27(34)31(26(23)33)22-5-3-2-4-6-22/h2-12,17H,13-16,18H2,1H3,(H,28,34). The highest BCUT2D eigenvalue weighted by Gasteiger charge is 2.16. The van der Waals surface area contributed by atoms with Crippen LogP contribution in [0.2, 0.25) is 0 Å². The van der Waals surface area contributed by atoms with Gasteiger partial charge in [-0.25, -0.2) is 9.36 Å². The molecule has 8 heteroatoms. The molecular weight excluding hydrogens is 444 g/mol. The van der Waals surface area contributed by atoms with Crippen LogP contribution in [0.1, 0.15) is 15.9 Å². The number of carbonyl (C=O) groups excluding carboxylic acids is 1. The van der Waals surface area contributed by atoms with Gasteiger partial charge in [-0.2, -0.15) is 0 Å². The maximum absolute atomic E-state index is 13.1. The molecule has 0 atom stereocenters. The van der Waals surface area contributed by atoms with Crippen molar-refractivity contribution in [3.05, 3.63) is 105 Å². The highest BCUT2D eigenvalue weighted by Crippen LogP contribution is 2.18. The predicted octanol–water partition coefficient (Wildman–Crippen LogP) is 2.79. The van der Waals surface area contributed by atoms with Crippen LogP contribution < -0.4 is 16.1 Å². The molecule has 1 aromatic heterocycles. The first kappa shape index (κ1) is 22.6. The summed E-state index contributed by atoms with van der Waals surface area (Å²) < 4.78 is 6.50. The molecule has 0 radical (unpaired) electrons. The number of carbonyl (C=O) groups is 1. The van der Waals surface area contributed by atoms with Gasteiger partial charge in [0.25, 0.3) is 11.5 Å². The number of rotatable bonds is 5. The number of anilines is 1. The van der Waals surface area contributed by atoms with E-state index in [0.717, 1.165) is 42.1 Å². The van der Waals surface area contributed by atoms with Gasteiger partial charge < -0.3 is 19.5 Å². The molecule has 1 saturated heterocycles. The lowest BCUT2D eigenvalue weighted by molar-refractivity contribution is 0.0785. The van der Waals surface area contributed by atoms with E-state index in [1.807, 2.05) is 18.2 Å². The molecule has 3 aromatic carbocycles. The number of hydrogen-bond acceptors (Lipinski definition) is 5. The van der Waals surface area contributed by atoms with Gasteiger partial charge in [0.15, 0.2) is 0 Å². The van der Waals surface area contributed by atoms with Crippen LogP contribution in [0, 0.1) is 0 Å². The number of benzene rings is 3. The van der Waals surface area contributed by atoms with Crippen LogP contribution in [-0.4, -0.2) is 53.7 Å². The summed E-state index contributed by atoms with van der Waals surface area (Å²) in [7, 11) is 1.73. The largest absolute Gasteiger partial charge is 0.378 e. The third-order valence-electron chi connectivity index (χ3n) is 6.24. The van der Waals surface area contributed by atoms with E-state index in [9.17, 15) is 14.4 Å². The first-order valence-corrected chi connectivity index (χ1v) is 11.5. The normalized spacial score (nSPS) is 13.7. The summed E-state index contributed by atoms with van der Waals surface area (Å²) in [6, 6.07) is 21.7. The quantitative estimate of drug-likeness (QED) is 0.485. The smallest absolute Gasteiger partial charge is 0.333 e. The summed E-state index contributed by atoms with van der Waals surface area (Å²) in [5.74, 6) is -0.197. The topological polar surface area (TPSA) is 87.6 Å². The maximum atomic E-state index is 13.1. The fraction of sp³-hybridized carbons (Fsp3) is 0.222. The van der Waals surface area contributed by atoms with E-state index in [-0.39, 0.29) is 5.91 Å². The number of fused-ring (bicyclic) bond motifs is 1. The average Bonchev–Trinajstić information content (AvgIpc) is 2.89. The SMILES string of the molecule is CN(Cc1ccc(N2CCOCC2)cc1)C(=O)c1ccc2c(=O)n(-c3ccccc3)c(=O)[nH]c2c1. The van der Waals surface area contributed by atoms with E-state index in [4.69, 9.17) is 4.74 Å². The zero-order chi connectivity index (χ0) is 24.4. The van der Waals surface area contributed by atoms with Gasteiger partial charge in [0.2, 0.25) is 0 Å². The minimum Gasteiger partial charge on any atom is -0.378 e. The van der Waals surface area contributed by atoms with Gasteiger partial charge in [-0.3, -0.25) is 9.59 Å². The Hall–Kier alpha value is -4.17. The minimum atomic E-state index is -0.549. The molecule has 1 aliphatic rings. The Morgan fingerprint density at radius 3 is 2.37 bits per heavy atom. The number of amides is 1. The second-order valence-electron chi connectivity index (χ2n) is 8.59. The van der Waals surface area contributed by atoms with Crippen LogP contribution in [-0.2, 0) is 11.3 Å². The fourth-order valence-electron chi connectivity index (χ4n) is 4.36. The van der Waals surface area contributed by atoms with Gasteiger partial charge in [-0.15, -0.1) is 0 Å². The van der Waals surface area contributed by atoms with Crippen molar-refractivity contribution in [2.75, 3.05) is 38.3 Å². The zero-order valence-corrected chi connectivity index (χ0v) is 19.4. The minimum absolute atomic E-state index is 0.197. The van der Waals surface area contributed by atoms with E-state index >= 15 is 0 Å². The van der Waals surface area contributed by atoms with Crippen molar-refractivity contribution >= 4 is 22.5 Å². The zero-order valence-electron chi connectivity index (χ0n) is 19.4. The molecule has 0 spiro atoms. The number of para-hydroxylation sites is 1. The molecule has 1 N–H and O–H groups in total. The molecular formula is C27H26N4O4. The van der Waals surface area contributed by atoms with Gasteiger partial charge in [0.1, 0.15) is 0 Å². The lowest BCUT2D eigenvalue weighted by Gasteiger charge is -2.29. The van der Waals surface area contributed by atoms with Crippen molar-refractivity contribution in [1.29, 1.82) is 0 Å². The Labute approximate surface area is 202 Å². The number of aromatic amines is 1. The maximum Gasteiger partial charge on any atom is 0.333 e. The molecule has 0 unspecified atom stereocenters. The van der Waals surface area contributed by atoms with Gasteiger partial charge >= 0.3 is 5.69 Å². The van der Waals surface area contributed by atoms with Crippen LogP contribution in [0.25, 0.3) is 16.6 Å². The Morgan fingerprint density at radius 1 is 0.943 bits per heavy atom. The van der Waals surface area contributed by atoms with Gasteiger partial charge in [-0.1, -0.05) is 30.3 Å². The molecule has 2 heterocycles. The van der Waals surface area contributed by atoms with E-state index in [0.29, 0.717) is 28.7 Å². The lowest BCUT2D eigenvalue weighted by atomic mass is 10.1. The average molecular weight is 471 g/mol. The number of H-pyrrole nitrogens is 1. The lowest BCUT2D eigenvalue weighted by Crippen LogP contribution is -2.36. The molecule has 8 nitrogen and oxygen atoms in total. The Balaban J connectivity index is 1.35. The Morgan fingerprint density at radius 2 is 1.66 bits per heavy atom. The van der Waals surface area contributed by atoms with Crippen LogP contribution in [0.5, 0.6) is 0 Å². The van der Waals surface area contributed by atoms with Crippen molar-refractivity contribution in [1.82, 2.24) is 14.5 Å². The second kappa shape index (κ2) is 9.60. The van der Waals surface area contributed by atoms with Crippen LogP contribution in [0.3, 0.4) is 0 Å². The highest BCUT2D eigenvalue weighted by atomic mass is 16.5. The summed E-state index contributed by atoms with van der Waals surface area (Å²) in [5.41, 5.74) is 2.40. The fourth-order valence-corrected chi connectivity index (χ4v) is 4.36. The summed E-state index contributed by atoms with van der Waals surface area (Å²) in [5, 5.41) is 0.339. The Kier molecular flexibility index (Phi) is 6.20. The summed E-state index contributed by atoms with van der Waals surface area (Å²) in [6.45, 7) is 3.65. The van der Waals surface area contributed by atoms with Crippen molar-refractivity contribution in [2.24, 2.45) is 0 Å². The molecule has 0 bridgehead atoms. The van der Waals surface area contributed by atoms with E-state index in [2.05, 4.69) is 22.0 Å². The van der Waals surface area contributed by atoms with Crippen molar-refractivity contribution < 1.29 is 9.53 Å². The number of morpholine rings is 1. The first-order valence-electron chi connectivity index (χ1n) is 11.5. The molecule has 35 heavy (non-hydrogen) atoms. The van der Waals surface area contributed by atoms with E-state index in [1.54, 1.807) is 54.4 Å². The third kappa shape index (κ3) is 4.61. The van der Waals surface area contributed by atoms with Crippen molar-refractivity contribution in [3.63, 3.8) is 0 Å². The third-order valence-corrected chi connectivity index (χ3v) is 6.24. The van der Waals surface area contributed by atoms with Crippen molar-refractivity contribution in [3.8, 4) is 5.69 Å². The van der Waals surface area contributed by atoms with Gasteiger partial charge in [-0.05, 0) is 48.0 Å². The molecule has 0 saturated carbocycles. The summed E-state index contributed by atoms with van der Waals surface area (Å²) >= 11 is 0. The monoisotopic (exact) mass is 470 g/mol. The number of ether oxygens (including phenoxy) is 1. The van der Waals surface area contributed by atoms with Gasteiger partial charge in [0.05, 0.1) is 29.8 Å². The Bertz CT molecular complexity index is 1470. The first-order chi connectivity index (χ1) is 17.0. The number of hydrogen-bond donors (Lipinski definition) is 1. The summed E-state index contributed by atoms with van der Waals surface area (Å²) in [4.78, 5) is 45.4. The molecule has 5 rings (SSSR count). The van der Waals surface area contributed by atoms with Gasteiger partial charge in [0, 0.05) is 37.9 Å². The molecule has 4 aromatic rings. The second-order valence-corrected chi connectivity index (χ2v) is 8.59. The summed E-state index contributed by atoms with van der Waals surface area (Å²) in [6.07, 6.45) is 0. The predicted molar refractivity (Wildman–Crippen MR) is 135 cm³/mol.